The van der Waals surface area contributed by atoms with Gasteiger partial charge < -0.3 is 43.9 Å². The minimum atomic E-state index is -2.51. The molecule has 0 aromatic carbocycles. The Balaban J connectivity index is 1.78. The van der Waals surface area contributed by atoms with Gasteiger partial charge in [0.25, 0.3) is 11.7 Å². The van der Waals surface area contributed by atoms with Crippen molar-refractivity contribution in [3.8, 4) is 0 Å². The Labute approximate surface area is 339 Å². The first-order valence-electron chi connectivity index (χ1n) is 20.9. The van der Waals surface area contributed by atoms with Crippen LogP contribution < -0.4 is 0 Å². The zero-order chi connectivity index (χ0) is 42.2. The first kappa shape index (κ1) is 46.9. The third-order valence-electron chi connectivity index (χ3n) is 12.9. The molecule has 4 rings (SSSR count). The molecule has 0 spiro atoms. The molecule has 3 fully saturated rings. The highest BCUT2D eigenvalue weighted by Crippen LogP contribution is 2.39. The summed E-state index contributed by atoms with van der Waals surface area (Å²) in [6.45, 7) is 13.1. The van der Waals surface area contributed by atoms with Crippen molar-refractivity contribution in [3.05, 3.63) is 36.0 Å². The average molecular weight is 804 g/mol. The van der Waals surface area contributed by atoms with Crippen LogP contribution in [0, 0.1) is 29.6 Å². The van der Waals surface area contributed by atoms with Crippen LogP contribution in [0.5, 0.6) is 0 Å². The summed E-state index contributed by atoms with van der Waals surface area (Å²) in [6, 6.07) is -1.14. The molecule has 13 heteroatoms. The number of nitrogens with zero attached hydrogens (tertiary/aromatic N) is 1. The minimum absolute atomic E-state index is 0.00988. The topological polar surface area (TPSA) is 178 Å². The van der Waals surface area contributed by atoms with Crippen molar-refractivity contribution in [2.75, 3.05) is 27.9 Å². The molecule has 3 N–H and O–H groups in total. The van der Waals surface area contributed by atoms with Crippen LogP contribution in [0.1, 0.15) is 105 Å². The number of esters is 1. The van der Waals surface area contributed by atoms with Crippen molar-refractivity contribution in [2.24, 2.45) is 29.6 Å². The van der Waals surface area contributed by atoms with Gasteiger partial charge >= 0.3 is 5.97 Å². The van der Waals surface area contributed by atoms with Gasteiger partial charge in [-0.1, -0.05) is 44.6 Å². The second-order valence-electron chi connectivity index (χ2n) is 17.3. The molecular weight excluding hydrogens is 734 g/mol. The van der Waals surface area contributed by atoms with Crippen LogP contribution in [0.15, 0.2) is 36.0 Å². The number of hydrogen-bond donors (Lipinski definition) is 3. The number of fused-ring (bicyclic) bond motifs is 3. The van der Waals surface area contributed by atoms with Crippen LogP contribution in [0.25, 0.3) is 0 Å². The van der Waals surface area contributed by atoms with Gasteiger partial charge in [-0.3, -0.25) is 14.4 Å². The normalized spacial score (nSPS) is 40.1. The van der Waals surface area contributed by atoms with E-state index >= 15 is 0 Å². The highest BCUT2D eigenvalue weighted by atomic mass is 16.7. The van der Waals surface area contributed by atoms with E-state index in [1.54, 1.807) is 27.0 Å². The second-order valence-corrected chi connectivity index (χ2v) is 17.3. The van der Waals surface area contributed by atoms with Gasteiger partial charge in [0.2, 0.25) is 5.79 Å². The van der Waals surface area contributed by atoms with Gasteiger partial charge in [0.05, 0.1) is 30.5 Å². The molecular formula is C44H69NO12. The molecule has 1 amide bonds. The predicted octanol–water partition coefficient (Wildman–Crippen LogP) is 4.64. The number of hydrogen-bond acceptors (Lipinski definition) is 12. The van der Waals surface area contributed by atoms with Crippen molar-refractivity contribution in [2.45, 2.75) is 160 Å². The number of amides is 1. The van der Waals surface area contributed by atoms with Crippen molar-refractivity contribution < 1.29 is 58.2 Å². The summed E-state index contributed by atoms with van der Waals surface area (Å²) in [4.78, 5) is 57.8. The fraction of sp³-hybridized carbons (Fsp3) is 0.773. The second kappa shape index (κ2) is 21.0. The maximum Gasteiger partial charge on any atom is 0.329 e. The van der Waals surface area contributed by atoms with Gasteiger partial charge in [0.1, 0.15) is 24.0 Å². The third kappa shape index (κ3) is 11.3. The maximum absolute atomic E-state index is 14.3. The quantitative estimate of drug-likeness (QED) is 0.185. The lowest BCUT2D eigenvalue weighted by Crippen LogP contribution is -2.64. The number of carbonyl (C=O) groups is 4. The van der Waals surface area contributed by atoms with Crippen molar-refractivity contribution >= 4 is 23.4 Å². The molecule has 14 atom stereocenters. The Bertz CT molecular complexity index is 1480. The highest BCUT2D eigenvalue weighted by molar-refractivity contribution is 6.39. The summed E-state index contributed by atoms with van der Waals surface area (Å²) in [6.07, 6.45) is 4.93. The Morgan fingerprint density at radius 3 is 2.25 bits per heavy atom. The Kier molecular flexibility index (Phi) is 17.2. The van der Waals surface area contributed by atoms with Crippen molar-refractivity contribution in [3.63, 3.8) is 0 Å². The number of cyclic esters (lactones) is 1. The van der Waals surface area contributed by atoms with Crippen LogP contribution in [0.4, 0.5) is 0 Å². The molecule has 0 unspecified atom stereocenters. The zero-order valence-electron chi connectivity index (χ0n) is 35.4. The van der Waals surface area contributed by atoms with E-state index in [2.05, 4.69) is 6.58 Å². The standard InChI is InChI=1S/C44H69NO12/c1-10-13-31-19-25(2)18-26(3)20-37(54-8)40-38(55-9)22-28(5)44(52,57-40)41(49)42(50)45-17-12-11-14-32(45)43(51)56-39(29(6)34(47)24-35(31)48)27(4)21-30-15-16-33(46)36(23-30)53-7/h10,19,21,26,28-34,36-40,46-47,52H,1,11-18,20,22-24H2,2-9H3/t26-,28+,29+,30-,31+,32-,33+,34+,36+,37-,38-,39+,40+,44+/m0/s1. The first-order chi connectivity index (χ1) is 27.0. The summed E-state index contributed by atoms with van der Waals surface area (Å²) in [5.74, 6) is -7.76. The van der Waals surface area contributed by atoms with E-state index in [9.17, 15) is 34.5 Å². The third-order valence-corrected chi connectivity index (χ3v) is 12.9. The Hall–Kier alpha value is -2.78. The number of allylic oxidation sites excluding steroid dienone is 4. The average Bonchev–Trinajstić information content (AvgIpc) is 3.18. The number of aliphatic hydroxyl groups excluding tert-OH is 2. The predicted molar refractivity (Wildman–Crippen MR) is 213 cm³/mol. The molecule has 3 aliphatic heterocycles. The van der Waals surface area contributed by atoms with Gasteiger partial charge in [0, 0.05) is 52.0 Å². The number of ether oxygens (including phenoxy) is 5. The fourth-order valence-electron chi connectivity index (χ4n) is 9.42. The smallest absolute Gasteiger partial charge is 0.329 e. The van der Waals surface area contributed by atoms with Crippen LogP contribution in [-0.4, -0.2) is 126 Å². The Morgan fingerprint density at radius 1 is 0.930 bits per heavy atom. The summed E-state index contributed by atoms with van der Waals surface area (Å²) in [5, 5.41) is 34.1. The maximum atomic E-state index is 14.3. The monoisotopic (exact) mass is 803 g/mol. The molecule has 0 aromatic rings. The van der Waals surface area contributed by atoms with E-state index in [1.807, 2.05) is 32.9 Å². The summed E-state index contributed by atoms with van der Waals surface area (Å²) in [5.41, 5.74) is 1.61. The molecule has 1 saturated carbocycles. The molecule has 57 heavy (non-hydrogen) atoms. The van der Waals surface area contributed by atoms with Gasteiger partial charge in [-0.05, 0) is 95.5 Å². The van der Waals surface area contributed by atoms with E-state index in [0.29, 0.717) is 56.9 Å². The van der Waals surface area contributed by atoms with Crippen LogP contribution in [0.2, 0.25) is 0 Å². The van der Waals surface area contributed by atoms with Crippen molar-refractivity contribution in [1.29, 1.82) is 0 Å². The number of ketones is 2. The zero-order valence-corrected chi connectivity index (χ0v) is 35.4. The van der Waals surface area contributed by atoms with Crippen LogP contribution >= 0.6 is 0 Å². The van der Waals surface area contributed by atoms with Crippen molar-refractivity contribution in [1.82, 2.24) is 4.90 Å². The lowest BCUT2D eigenvalue weighted by atomic mass is 9.81. The molecule has 2 bridgehead atoms. The van der Waals surface area contributed by atoms with E-state index in [0.717, 1.165) is 5.57 Å². The van der Waals surface area contributed by atoms with E-state index < -0.39 is 83.9 Å². The fourth-order valence-corrected chi connectivity index (χ4v) is 9.42. The van der Waals surface area contributed by atoms with Gasteiger partial charge in [-0.15, -0.1) is 6.58 Å². The molecule has 2 saturated heterocycles. The lowest BCUT2D eigenvalue weighted by Gasteiger charge is -2.47. The van der Waals surface area contributed by atoms with E-state index in [1.165, 1.54) is 19.1 Å². The SMILES string of the molecule is C=CC[C@@H]1C=C(C)C[C@H](C)C[C@H](OC)[C@H]2O[C@@](O)(C(=O)C(=O)N3CCCC[C@H]3C(=O)O[C@H](C(C)=C[C@@H]3CC[C@@H](O)[C@H](OC)C3)[C@H](C)[C@H](O)CC1=O)[C@H](C)C[C@@H]2OC. The molecule has 4 aliphatic rings. The number of piperidine rings is 1. The molecule has 13 nitrogen and oxygen atoms in total. The van der Waals surface area contributed by atoms with Gasteiger partial charge in [-0.25, -0.2) is 4.79 Å². The Morgan fingerprint density at radius 2 is 1.60 bits per heavy atom. The van der Waals surface area contributed by atoms with Gasteiger partial charge in [0.15, 0.2) is 0 Å². The summed E-state index contributed by atoms with van der Waals surface area (Å²) in [7, 11) is 4.61. The van der Waals surface area contributed by atoms with Gasteiger partial charge in [-0.2, -0.15) is 0 Å². The molecule has 3 heterocycles. The molecule has 0 aromatic heterocycles. The first-order valence-corrected chi connectivity index (χ1v) is 20.9. The largest absolute Gasteiger partial charge is 0.456 e. The molecule has 0 radical (unpaired) electrons. The van der Waals surface area contributed by atoms with Crippen LogP contribution in [0.3, 0.4) is 0 Å². The molecule has 1 aliphatic carbocycles. The van der Waals surface area contributed by atoms with E-state index in [-0.39, 0.29) is 49.5 Å². The number of rotatable bonds is 7. The highest BCUT2D eigenvalue weighted by Gasteiger charge is 2.56. The summed E-state index contributed by atoms with van der Waals surface area (Å²) >= 11 is 0. The number of methoxy groups -OCH3 is 3. The van der Waals surface area contributed by atoms with E-state index in [4.69, 9.17) is 23.7 Å². The number of Topliss-reactive ketones (excluding diaryl/α,β-unsaturated/α-hetero) is 2. The molecule has 322 valence electrons. The number of aliphatic hydroxyl groups is 3. The summed E-state index contributed by atoms with van der Waals surface area (Å²) < 4.78 is 29.7. The van der Waals surface area contributed by atoms with Crippen LogP contribution in [-0.2, 0) is 42.9 Å². The lowest BCUT2D eigenvalue weighted by molar-refractivity contribution is -0.302. The minimum Gasteiger partial charge on any atom is -0.456 e. The number of carbonyl (C=O) groups excluding carboxylic acids is 4.